The Morgan fingerprint density at radius 2 is 1.48 bits per heavy atom. The van der Waals surface area contributed by atoms with Gasteiger partial charge in [0.1, 0.15) is 0 Å². The fourth-order valence-electron chi connectivity index (χ4n) is 2.24. The summed E-state index contributed by atoms with van der Waals surface area (Å²) in [5.74, 6) is 2.10. The molecule has 0 heterocycles. The van der Waals surface area contributed by atoms with E-state index in [1.807, 2.05) is 12.1 Å². The molecule has 1 atom stereocenters. The van der Waals surface area contributed by atoms with Gasteiger partial charge in [-0.2, -0.15) is 0 Å². The highest BCUT2D eigenvalue weighted by Crippen LogP contribution is 2.40. The molecule has 1 unspecified atom stereocenters. The van der Waals surface area contributed by atoms with Crippen molar-refractivity contribution < 1.29 is 14.2 Å². The van der Waals surface area contributed by atoms with Crippen LogP contribution in [0.5, 0.6) is 17.2 Å². The largest absolute Gasteiger partial charge is 0.493 e. The van der Waals surface area contributed by atoms with Crippen molar-refractivity contribution >= 4 is 0 Å². The van der Waals surface area contributed by atoms with Crippen LogP contribution in [-0.4, -0.2) is 26.4 Å². The van der Waals surface area contributed by atoms with Crippen molar-refractivity contribution in [3.05, 3.63) is 17.7 Å². The summed E-state index contributed by atoms with van der Waals surface area (Å²) in [6.07, 6.45) is 3.80. The Morgan fingerprint density at radius 3 is 1.86 bits per heavy atom. The van der Waals surface area contributed by atoms with Gasteiger partial charge in [0.05, 0.1) is 20.3 Å². The van der Waals surface area contributed by atoms with Crippen LogP contribution >= 0.6 is 0 Å². The number of nitrogens with two attached hydrogens (primary N) is 1. The minimum absolute atomic E-state index is 0.144. The van der Waals surface area contributed by atoms with Gasteiger partial charge < -0.3 is 19.9 Å². The lowest BCUT2D eigenvalue weighted by Crippen LogP contribution is -2.21. The van der Waals surface area contributed by atoms with Crippen molar-refractivity contribution in [1.29, 1.82) is 0 Å². The first-order valence-electron chi connectivity index (χ1n) is 7.76. The average molecular weight is 295 g/mol. The van der Waals surface area contributed by atoms with Crippen LogP contribution in [0.1, 0.15) is 45.6 Å². The van der Waals surface area contributed by atoms with E-state index in [0.29, 0.717) is 17.2 Å². The molecule has 0 aromatic heterocycles. The third kappa shape index (κ3) is 4.81. The second-order valence-corrected chi connectivity index (χ2v) is 5.26. The summed E-state index contributed by atoms with van der Waals surface area (Å²) < 4.78 is 17.0. The predicted octanol–water partition coefficient (Wildman–Crippen LogP) is 3.55. The number of methoxy groups -OCH3 is 2. The zero-order valence-electron chi connectivity index (χ0n) is 13.9. The van der Waals surface area contributed by atoms with Crippen LogP contribution in [0, 0.1) is 0 Å². The number of rotatable bonds is 9. The van der Waals surface area contributed by atoms with Gasteiger partial charge in [0.2, 0.25) is 5.75 Å². The highest BCUT2D eigenvalue weighted by atomic mass is 16.5. The Balaban J connectivity index is 3.11. The number of hydrogen-bond acceptors (Lipinski definition) is 4. The molecule has 0 aliphatic heterocycles. The number of hydrogen-bond donors (Lipinski definition) is 1. The van der Waals surface area contributed by atoms with E-state index < -0.39 is 0 Å². The van der Waals surface area contributed by atoms with Crippen LogP contribution in [0.3, 0.4) is 0 Å². The molecule has 1 aromatic carbocycles. The lowest BCUT2D eigenvalue weighted by Gasteiger charge is -2.21. The lowest BCUT2D eigenvalue weighted by atomic mass is 10.0. The van der Waals surface area contributed by atoms with Crippen LogP contribution < -0.4 is 19.9 Å². The highest BCUT2D eigenvalue weighted by Gasteiger charge is 2.18. The Hall–Kier alpha value is -1.42. The van der Waals surface area contributed by atoms with Crippen molar-refractivity contribution in [2.75, 3.05) is 14.2 Å². The summed E-state index contributed by atoms with van der Waals surface area (Å²) in [6.45, 7) is 6.31. The Kier molecular flexibility index (Phi) is 7.37. The van der Waals surface area contributed by atoms with E-state index in [4.69, 9.17) is 19.9 Å². The molecule has 0 saturated carbocycles. The van der Waals surface area contributed by atoms with Gasteiger partial charge in [-0.3, -0.25) is 0 Å². The lowest BCUT2D eigenvalue weighted by molar-refractivity contribution is 0.177. The Labute approximate surface area is 128 Å². The maximum Gasteiger partial charge on any atom is 0.203 e. The first kappa shape index (κ1) is 17.6. The maximum absolute atomic E-state index is 6.06. The monoisotopic (exact) mass is 295 g/mol. The molecule has 0 fully saturated rings. The van der Waals surface area contributed by atoms with Gasteiger partial charge in [-0.15, -0.1) is 0 Å². The van der Waals surface area contributed by atoms with Crippen LogP contribution in [0.15, 0.2) is 12.1 Å². The summed E-state index contributed by atoms with van der Waals surface area (Å²) >= 11 is 0. The molecular weight excluding hydrogens is 266 g/mol. The quantitative estimate of drug-likeness (QED) is 0.757. The van der Waals surface area contributed by atoms with Gasteiger partial charge in [0.15, 0.2) is 11.5 Å². The zero-order valence-corrected chi connectivity index (χ0v) is 13.9. The fraction of sp³-hybridized carbons (Fsp3) is 0.647. The molecule has 21 heavy (non-hydrogen) atoms. The minimum atomic E-state index is 0.144. The molecule has 4 nitrogen and oxygen atoms in total. The van der Waals surface area contributed by atoms with E-state index >= 15 is 0 Å². The van der Waals surface area contributed by atoms with Gasteiger partial charge in [-0.25, -0.2) is 0 Å². The van der Waals surface area contributed by atoms with E-state index in [0.717, 1.165) is 31.2 Å². The number of ether oxygens (including phenoxy) is 3. The fourth-order valence-corrected chi connectivity index (χ4v) is 2.24. The summed E-state index contributed by atoms with van der Waals surface area (Å²) in [5, 5.41) is 0. The van der Waals surface area contributed by atoms with Crippen LogP contribution in [0.25, 0.3) is 0 Å². The summed E-state index contributed by atoms with van der Waals surface area (Å²) in [6, 6.07) is 4.14. The first-order chi connectivity index (χ1) is 10.1. The van der Waals surface area contributed by atoms with Crippen molar-refractivity contribution in [1.82, 2.24) is 0 Å². The molecule has 120 valence electrons. The molecule has 0 spiro atoms. The molecule has 1 aromatic rings. The topological polar surface area (TPSA) is 53.7 Å². The van der Waals surface area contributed by atoms with Crippen LogP contribution in [0.4, 0.5) is 0 Å². The molecule has 2 N–H and O–H groups in total. The maximum atomic E-state index is 6.06. The van der Waals surface area contributed by atoms with E-state index in [2.05, 4.69) is 20.8 Å². The Bertz CT molecular complexity index is 405. The van der Waals surface area contributed by atoms with Gasteiger partial charge in [0, 0.05) is 6.04 Å². The van der Waals surface area contributed by atoms with E-state index in [1.54, 1.807) is 14.2 Å². The molecule has 0 amide bonds. The molecule has 1 rings (SSSR count). The molecular formula is C17H29NO3. The van der Waals surface area contributed by atoms with Gasteiger partial charge in [-0.1, -0.05) is 20.8 Å². The van der Waals surface area contributed by atoms with Gasteiger partial charge >= 0.3 is 0 Å². The standard InChI is InChI=1S/C17H29NO3/c1-6-13(18)9-12-10-15(19-4)17(16(11-12)20-5)21-14(7-2)8-3/h10-11,13-14H,6-9,18H2,1-5H3. The summed E-state index contributed by atoms with van der Waals surface area (Å²) in [7, 11) is 3.30. The first-order valence-corrected chi connectivity index (χ1v) is 7.76. The summed E-state index contributed by atoms with van der Waals surface area (Å²) in [4.78, 5) is 0. The Morgan fingerprint density at radius 1 is 0.952 bits per heavy atom. The molecule has 4 heteroatoms. The smallest absolute Gasteiger partial charge is 0.203 e. The van der Waals surface area contributed by atoms with Crippen LogP contribution in [-0.2, 0) is 6.42 Å². The molecule has 0 aliphatic rings. The molecule has 0 bridgehead atoms. The second kappa shape index (κ2) is 8.78. The normalized spacial score (nSPS) is 12.3. The SMILES string of the molecule is CCC(N)Cc1cc(OC)c(OC(CC)CC)c(OC)c1. The molecule has 0 saturated heterocycles. The van der Waals surface area contributed by atoms with Crippen molar-refractivity contribution in [3.8, 4) is 17.2 Å². The molecule has 0 aliphatic carbocycles. The third-order valence-corrected chi connectivity index (χ3v) is 3.74. The van der Waals surface area contributed by atoms with Crippen molar-refractivity contribution in [2.45, 2.75) is 58.6 Å². The third-order valence-electron chi connectivity index (χ3n) is 3.74. The van der Waals surface area contributed by atoms with Crippen LogP contribution in [0.2, 0.25) is 0 Å². The van der Waals surface area contributed by atoms with E-state index in [1.165, 1.54) is 0 Å². The van der Waals surface area contributed by atoms with Gasteiger partial charge in [0.25, 0.3) is 0 Å². The van der Waals surface area contributed by atoms with E-state index in [-0.39, 0.29) is 12.1 Å². The second-order valence-electron chi connectivity index (χ2n) is 5.26. The predicted molar refractivity (Wildman–Crippen MR) is 86.5 cm³/mol. The van der Waals surface area contributed by atoms with Crippen molar-refractivity contribution in [2.24, 2.45) is 5.73 Å². The average Bonchev–Trinajstić information content (AvgIpc) is 2.52. The van der Waals surface area contributed by atoms with Gasteiger partial charge in [-0.05, 0) is 43.4 Å². The highest BCUT2D eigenvalue weighted by molar-refractivity contribution is 5.54. The minimum Gasteiger partial charge on any atom is -0.493 e. The van der Waals surface area contributed by atoms with Crippen molar-refractivity contribution in [3.63, 3.8) is 0 Å². The van der Waals surface area contributed by atoms with E-state index in [9.17, 15) is 0 Å². The summed E-state index contributed by atoms with van der Waals surface area (Å²) in [5.41, 5.74) is 7.14. The zero-order chi connectivity index (χ0) is 15.8. The number of benzene rings is 1. The molecule has 0 radical (unpaired) electrons.